The van der Waals surface area contributed by atoms with Gasteiger partial charge in [0.05, 0.1) is 23.7 Å². The van der Waals surface area contributed by atoms with Crippen LogP contribution in [0.3, 0.4) is 0 Å². The van der Waals surface area contributed by atoms with Crippen molar-refractivity contribution in [2.45, 2.75) is 45.1 Å². The molecule has 2 heterocycles. The Hall–Kier alpha value is -3.02. The van der Waals surface area contributed by atoms with Crippen LogP contribution in [0.5, 0.6) is 0 Å². The summed E-state index contributed by atoms with van der Waals surface area (Å²) in [6, 6.07) is 11.1. The highest BCUT2D eigenvalue weighted by atomic mass is 19.1. The Kier molecular flexibility index (Phi) is 5.31. The van der Waals surface area contributed by atoms with E-state index in [4.69, 9.17) is 0 Å². The summed E-state index contributed by atoms with van der Waals surface area (Å²) < 4.78 is 14.6. The van der Waals surface area contributed by atoms with Gasteiger partial charge in [-0.2, -0.15) is 0 Å². The van der Waals surface area contributed by atoms with Crippen LogP contribution in [0.4, 0.5) is 4.39 Å². The normalized spacial score (nSPS) is 25.0. The molecule has 6 heteroatoms. The highest BCUT2D eigenvalue weighted by Gasteiger charge is 2.42. The van der Waals surface area contributed by atoms with Crippen LogP contribution in [0.15, 0.2) is 42.5 Å². The smallest absolute Gasteiger partial charge is 0.261 e. The van der Waals surface area contributed by atoms with Crippen LogP contribution in [-0.2, 0) is 11.2 Å². The van der Waals surface area contributed by atoms with Crippen molar-refractivity contribution in [3.8, 4) is 0 Å². The second kappa shape index (κ2) is 8.15. The molecule has 3 aliphatic rings. The fourth-order valence-corrected chi connectivity index (χ4v) is 5.64. The zero-order chi connectivity index (χ0) is 22.4. The lowest BCUT2D eigenvalue weighted by Crippen LogP contribution is -2.49. The predicted octanol–water partition coefficient (Wildman–Crippen LogP) is 4.37. The summed E-state index contributed by atoms with van der Waals surface area (Å²) in [6.45, 7) is 2.55. The van der Waals surface area contributed by atoms with Crippen molar-refractivity contribution in [2.75, 3.05) is 13.1 Å². The summed E-state index contributed by atoms with van der Waals surface area (Å²) in [5.41, 5.74) is 2.04. The minimum Gasteiger partial charge on any atom is -0.333 e. The molecular weight excluding hydrogens is 407 g/mol. The summed E-state index contributed by atoms with van der Waals surface area (Å²) in [5.74, 6) is -0.713. The van der Waals surface area contributed by atoms with Gasteiger partial charge in [0.25, 0.3) is 11.8 Å². The molecular formula is C26H27FN2O3. The fourth-order valence-electron chi connectivity index (χ4n) is 5.64. The van der Waals surface area contributed by atoms with Crippen molar-refractivity contribution < 1.29 is 18.8 Å². The molecule has 0 unspecified atom stereocenters. The molecule has 3 amide bonds. The van der Waals surface area contributed by atoms with Crippen LogP contribution in [0, 0.1) is 17.7 Å². The first-order valence-electron chi connectivity index (χ1n) is 11.5. The molecule has 1 aliphatic carbocycles. The number of halogens is 1. The topological polar surface area (TPSA) is 57.7 Å². The van der Waals surface area contributed by atoms with Crippen LogP contribution in [-0.4, -0.2) is 40.6 Å². The number of benzene rings is 2. The number of hydrogen-bond acceptors (Lipinski definition) is 3. The van der Waals surface area contributed by atoms with Crippen LogP contribution in [0.1, 0.15) is 70.5 Å². The number of carbonyl (C=O) groups excluding carboxylic acids is 3. The molecule has 0 saturated heterocycles. The predicted molar refractivity (Wildman–Crippen MR) is 117 cm³/mol. The first-order chi connectivity index (χ1) is 15.5. The van der Waals surface area contributed by atoms with Gasteiger partial charge >= 0.3 is 0 Å². The van der Waals surface area contributed by atoms with Crippen molar-refractivity contribution >= 4 is 17.7 Å². The van der Waals surface area contributed by atoms with Gasteiger partial charge in [0.15, 0.2) is 0 Å². The number of carbonyl (C=O) groups is 3. The van der Waals surface area contributed by atoms with E-state index in [1.807, 2.05) is 6.07 Å². The molecule has 0 bridgehead atoms. The number of rotatable bonds is 3. The summed E-state index contributed by atoms with van der Waals surface area (Å²) in [6.07, 6.45) is 4.48. The first kappa shape index (κ1) is 20.9. The molecule has 2 aromatic carbocycles. The average molecular weight is 435 g/mol. The Balaban J connectivity index is 1.50. The molecule has 2 aromatic rings. The van der Waals surface area contributed by atoms with Crippen LogP contribution in [0.25, 0.3) is 0 Å². The Labute approximate surface area is 187 Å². The zero-order valence-corrected chi connectivity index (χ0v) is 18.2. The van der Waals surface area contributed by atoms with Gasteiger partial charge in [-0.25, -0.2) is 4.39 Å². The molecule has 0 aromatic heterocycles. The van der Waals surface area contributed by atoms with E-state index in [1.165, 1.54) is 11.0 Å². The standard InChI is InChI=1S/C26H27FN2O3/c1-16-7-2-3-8-17(16)24(30)28-14-13-18-19(11-6-12-22(18)27)23(28)15-29-25(31)20-9-4-5-10-21(20)26(29)32/h4-6,9-12,16-17,23H,2-3,7-8,13-15H2,1H3/t16-,17+,23+/m0/s1. The first-order valence-corrected chi connectivity index (χ1v) is 11.5. The van der Waals surface area contributed by atoms with Crippen LogP contribution >= 0.6 is 0 Å². The SMILES string of the molecule is C[C@H]1CCCC[C@H]1C(=O)N1CCc2c(F)cccc2[C@H]1CN1C(=O)c2ccccc2C1=O. The lowest BCUT2D eigenvalue weighted by atomic mass is 9.78. The summed E-state index contributed by atoms with van der Waals surface area (Å²) in [5, 5.41) is 0. The molecule has 2 aliphatic heterocycles. The van der Waals surface area contributed by atoms with Crippen molar-refractivity contribution in [3.63, 3.8) is 0 Å². The van der Waals surface area contributed by atoms with Gasteiger partial charge in [0, 0.05) is 12.5 Å². The van der Waals surface area contributed by atoms with Gasteiger partial charge in [0.1, 0.15) is 5.82 Å². The average Bonchev–Trinajstić information content (AvgIpc) is 3.04. The molecule has 0 N–H and O–H groups in total. The second-order valence-electron chi connectivity index (χ2n) is 9.24. The van der Waals surface area contributed by atoms with Crippen molar-refractivity contribution in [3.05, 3.63) is 70.5 Å². The number of fused-ring (bicyclic) bond motifs is 2. The van der Waals surface area contributed by atoms with E-state index in [9.17, 15) is 18.8 Å². The Morgan fingerprint density at radius 1 is 1.00 bits per heavy atom. The molecule has 0 radical (unpaired) electrons. The van der Waals surface area contributed by atoms with E-state index < -0.39 is 6.04 Å². The number of amides is 3. The number of nitrogens with zero attached hydrogens (tertiary/aromatic N) is 2. The molecule has 1 saturated carbocycles. The summed E-state index contributed by atoms with van der Waals surface area (Å²) in [4.78, 5) is 42.7. The highest BCUT2D eigenvalue weighted by Crippen LogP contribution is 2.38. The van der Waals surface area contributed by atoms with E-state index in [1.54, 1.807) is 35.2 Å². The lowest BCUT2D eigenvalue weighted by Gasteiger charge is -2.42. The Bertz CT molecular complexity index is 1060. The maximum Gasteiger partial charge on any atom is 0.261 e. The molecule has 5 nitrogen and oxygen atoms in total. The molecule has 166 valence electrons. The fraction of sp³-hybridized carbons (Fsp3) is 0.423. The van der Waals surface area contributed by atoms with E-state index in [0.29, 0.717) is 41.1 Å². The van der Waals surface area contributed by atoms with Crippen LogP contribution in [0.2, 0.25) is 0 Å². The van der Waals surface area contributed by atoms with E-state index in [2.05, 4.69) is 6.92 Å². The van der Waals surface area contributed by atoms with Gasteiger partial charge in [0.2, 0.25) is 5.91 Å². The molecule has 1 fully saturated rings. The maximum absolute atomic E-state index is 14.6. The minimum absolute atomic E-state index is 0.0373. The molecule has 3 atom stereocenters. The summed E-state index contributed by atoms with van der Waals surface area (Å²) in [7, 11) is 0. The summed E-state index contributed by atoms with van der Waals surface area (Å²) >= 11 is 0. The maximum atomic E-state index is 14.6. The van der Waals surface area contributed by atoms with Gasteiger partial charge in [-0.15, -0.1) is 0 Å². The Morgan fingerprint density at radius 2 is 1.69 bits per heavy atom. The zero-order valence-electron chi connectivity index (χ0n) is 18.2. The number of hydrogen-bond donors (Lipinski definition) is 0. The third-order valence-corrected chi connectivity index (χ3v) is 7.44. The quantitative estimate of drug-likeness (QED) is 0.674. The minimum atomic E-state index is -0.543. The second-order valence-corrected chi connectivity index (χ2v) is 9.24. The van der Waals surface area contributed by atoms with E-state index in [0.717, 1.165) is 25.7 Å². The largest absolute Gasteiger partial charge is 0.333 e. The Morgan fingerprint density at radius 3 is 2.38 bits per heavy atom. The van der Waals surface area contributed by atoms with Gasteiger partial charge < -0.3 is 4.90 Å². The van der Waals surface area contributed by atoms with Crippen molar-refractivity contribution in [1.29, 1.82) is 0 Å². The lowest BCUT2D eigenvalue weighted by molar-refractivity contribution is -0.141. The van der Waals surface area contributed by atoms with Crippen molar-refractivity contribution in [1.82, 2.24) is 9.80 Å². The van der Waals surface area contributed by atoms with Crippen LogP contribution < -0.4 is 0 Å². The van der Waals surface area contributed by atoms with Gasteiger partial charge in [-0.3, -0.25) is 19.3 Å². The number of imide groups is 1. The van der Waals surface area contributed by atoms with Gasteiger partial charge in [-0.05, 0) is 54.5 Å². The van der Waals surface area contributed by atoms with E-state index in [-0.39, 0.29) is 36.0 Å². The molecule has 5 rings (SSSR count). The highest BCUT2D eigenvalue weighted by molar-refractivity contribution is 6.21. The third kappa shape index (κ3) is 3.33. The third-order valence-electron chi connectivity index (χ3n) is 7.44. The molecule has 0 spiro atoms. The van der Waals surface area contributed by atoms with E-state index >= 15 is 0 Å². The van der Waals surface area contributed by atoms with Gasteiger partial charge in [-0.1, -0.05) is 44.0 Å². The van der Waals surface area contributed by atoms with Crippen molar-refractivity contribution in [2.24, 2.45) is 11.8 Å². The monoisotopic (exact) mass is 434 g/mol. The molecule has 32 heavy (non-hydrogen) atoms.